The van der Waals surface area contributed by atoms with Crippen molar-refractivity contribution in [1.29, 1.82) is 0 Å². The maximum absolute atomic E-state index is 12.7. The largest absolute Gasteiger partial charge is 0.480 e. The number of aliphatic carboxylic acids is 1. The van der Waals surface area contributed by atoms with E-state index in [1.807, 2.05) is 0 Å². The summed E-state index contributed by atoms with van der Waals surface area (Å²) >= 11 is 0. The molecule has 0 aliphatic carbocycles. The van der Waals surface area contributed by atoms with E-state index in [0.29, 0.717) is 6.07 Å². The third-order valence-electron chi connectivity index (χ3n) is 2.49. The third kappa shape index (κ3) is 3.86. The van der Waals surface area contributed by atoms with E-state index in [9.17, 15) is 31.1 Å². The Morgan fingerprint density at radius 2 is 1.70 bits per heavy atom. The number of carboxylic acid groups (broad SMARTS) is 1. The Bertz CT molecular complexity index is 509. The van der Waals surface area contributed by atoms with Gasteiger partial charge in [0.1, 0.15) is 6.04 Å². The van der Waals surface area contributed by atoms with E-state index in [1.54, 1.807) is 0 Å². The van der Waals surface area contributed by atoms with Gasteiger partial charge in [-0.2, -0.15) is 26.3 Å². The van der Waals surface area contributed by atoms with Crippen LogP contribution in [-0.2, 0) is 23.6 Å². The number of carboxylic acids is 1. The lowest BCUT2D eigenvalue weighted by atomic mass is 9.97. The molecule has 0 aromatic heterocycles. The van der Waals surface area contributed by atoms with E-state index in [4.69, 9.17) is 10.8 Å². The second-order valence-corrected chi connectivity index (χ2v) is 4.02. The van der Waals surface area contributed by atoms with Crippen LogP contribution in [0.3, 0.4) is 0 Å². The number of halogens is 6. The molecule has 0 bridgehead atoms. The second-order valence-electron chi connectivity index (χ2n) is 4.02. The van der Waals surface area contributed by atoms with Gasteiger partial charge in [-0.15, -0.1) is 0 Å². The highest BCUT2D eigenvalue weighted by Gasteiger charge is 2.37. The maximum atomic E-state index is 12.7. The Labute approximate surface area is 109 Å². The topological polar surface area (TPSA) is 63.3 Å². The van der Waals surface area contributed by atoms with Crippen LogP contribution in [0, 0.1) is 0 Å². The van der Waals surface area contributed by atoms with Gasteiger partial charge in [-0.05, 0) is 30.2 Å². The van der Waals surface area contributed by atoms with Crippen LogP contribution in [0.4, 0.5) is 26.3 Å². The summed E-state index contributed by atoms with van der Waals surface area (Å²) in [4.78, 5) is 10.5. The molecule has 9 heteroatoms. The van der Waals surface area contributed by atoms with Crippen LogP contribution in [0.1, 0.15) is 16.7 Å². The summed E-state index contributed by atoms with van der Waals surface area (Å²) in [5.74, 6) is -1.60. The minimum atomic E-state index is -4.89. The first-order valence-electron chi connectivity index (χ1n) is 5.18. The van der Waals surface area contributed by atoms with Crippen LogP contribution < -0.4 is 5.73 Å². The summed E-state index contributed by atoms with van der Waals surface area (Å²) in [7, 11) is 0. The fraction of sp³-hybridized carbons (Fsp3) is 0.364. The van der Waals surface area contributed by atoms with Gasteiger partial charge in [0.05, 0.1) is 11.1 Å². The van der Waals surface area contributed by atoms with E-state index in [1.165, 1.54) is 0 Å². The molecule has 1 rings (SSSR count). The smallest absolute Gasteiger partial charge is 0.416 e. The molecule has 1 atom stereocenters. The van der Waals surface area contributed by atoms with Crippen LogP contribution in [0.25, 0.3) is 0 Å². The molecule has 1 aromatic rings. The van der Waals surface area contributed by atoms with Crippen molar-refractivity contribution in [1.82, 2.24) is 0 Å². The molecule has 0 aliphatic rings. The first-order chi connectivity index (χ1) is 8.93. The van der Waals surface area contributed by atoms with Crippen molar-refractivity contribution in [3.8, 4) is 0 Å². The molecule has 0 amide bonds. The second kappa shape index (κ2) is 5.31. The summed E-state index contributed by atoms with van der Waals surface area (Å²) in [6.45, 7) is 0. The van der Waals surface area contributed by atoms with Gasteiger partial charge >= 0.3 is 18.3 Å². The number of carbonyl (C=O) groups is 1. The first-order valence-corrected chi connectivity index (χ1v) is 5.18. The van der Waals surface area contributed by atoms with Crippen LogP contribution in [0.15, 0.2) is 18.2 Å². The highest BCUT2D eigenvalue weighted by Crippen LogP contribution is 2.36. The minimum absolute atomic E-state index is 0.269. The SMILES string of the molecule is N[C@H](Cc1cc(C(F)(F)F)ccc1C(F)(F)F)C(=O)O. The number of nitrogens with two attached hydrogens (primary N) is 1. The minimum Gasteiger partial charge on any atom is -0.480 e. The van der Waals surface area contributed by atoms with E-state index in [-0.39, 0.29) is 12.1 Å². The molecule has 1 aromatic carbocycles. The van der Waals surface area contributed by atoms with Gasteiger partial charge in [0.15, 0.2) is 0 Å². The standard InChI is InChI=1S/C11H9F6NO2/c12-10(13,14)6-1-2-7(11(15,16)17)5(3-6)4-8(18)9(19)20/h1-3,8H,4,18H2,(H,19,20)/t8-/m1/s1. The molecule has 0 radical (unpaired) electrons. The van der Waals surface area contributed by atoms with Crippen molar-refractivity contribution in [2.75, 3.05) is 0 Å². The van der Waals surface area contributed by atoms with Crippen LogP contribution in [-0.4, -0.2) is 17.1 Å². The van der Waals surface area contributed by atoms with Crippen molar-refractivity contribution in [3.05, 3.63) is 34.9 Å². The maximum Gasteiger partial charge on any atom is 0.416 e. The van der Waals surface area contributed by atoms with E-state index < -0.39 is 47.5 Å². The summed E-state index contributed by atoms with van der Waals surface area (Å²) < 4.78 is 75.4. The molecular formula is C11H9F6NO2. The molecule has 0 fully saturated rings. The molecule has 3 nitrogen and oxygen atoms in total. The quantitative estimate of drug-likeness (QED) is 0.844. The molecule has 0 aliphatic heterocycles. The zero-order valence-corrected chi connectivity index (χ0v) is 9.72. The van der Waals surface area contributed by atoms with Gasteiger partial charge < -0.3 is 10.8 Å². The zero-order valence-electron chi connectivity index (χ0n) is 9.72. The summed E-state index contributed by atoms with van der Waals surface area (Å²) in [5.41, 5.74) is 1.64. The van der Waals surface area contributed by atoms with Crippen molar-refractivity contribution in [3.63, 3.8) is 0 Å². The average molecular weight is 301 g/mol. The molecule has 0 saturated heterocycles. The first kappa shape index (κ1) is 16.3. The van der Waals surface area contributed by atoms with Crippen molar-refractivity contribution in [2.45, 2.75) is 24.8 Å². The molecule has 20 heavy (non-hydrogen) atoms. The molecule has 0 spiro atoms. The third-order valence-corrected chi connectivity index (χ3v) is 2.49. The van der Waals surface area contributed by atoms with Gasteiger partial charge in [-0.1, -0.05) is 0 Å². The van der Waals surface area contributed by atoms with Gasteiger partial charge in [0.25, 0.3) is 0 Å². The van der Waals surface area contributed by atoms with E-state index in [2.05, 4.69) is 0 Å². The molecule has 0 saturated carbocycles. The predicted octanol–water partition coefficient (Wildman–Crippen LogP) is 2.68. The molecule has 0 heterocycles. The summed E-state index contributed by atoms with van der Waals surface area (Å²) in [6, 6.07) is -0.892. The predicted molar refractivity (Wildman–Crippen MR) is 55.8 cm³/mol. The highest BCUT2D eigenvalue weighted by atomic mass is 19.4. The van der Waals surface area contributed by atoms with Crippen molar-refractivity contribution >= 4 is 5.97 Å². The highest BCUT2D eigenvalue weighted by molar-refractivity contribution is 5.73. The van der Waals surface area contributed by atoms with E-state index in [0.717, 1.165) is 0 Å². The number of benzene rings is 1. The van der Waals surface area contributed by atoms with Gasteiger partial charge in [0.2, 0.25) is 0 Å². The average Bonchev–Trinajstić information content (AvgIpc) is 2.25. The van der Waals surface area contributed by atoms with Gasteiger partial charge in [0, 0.05) is 0 Å². The number of hydrogen-bond acceptors (Lipinski definition) is 2. The number of hydrogen-bond donors (Lipinski definition) is 2. The lowest BCUT2D eigenvalue weighted by Crippen LogP contribution is -2.33. The summed E-state index contributed by atoms with van der Waals surface area (Å²) in [5, 5.41) is 8.54. The molecular weight excluding hydrogens is 292 g/mol. The Hall–Kier alpha value is -1.77. The normalized spacial score (nSPS) is 14.2. The van der Waals surface area contributed by atoms with Crippen LogP contribution in [0.5, 0.6) is 0 Å². The summed E-state index contributed by atoms with van der Waals surface area (Å²) in [6.07, 6.45) is -10.6. The number of alkyl halides is 6. The Balaban J connectivity index is 3.31. The monoisotopic (exact) mass is 301 g/mol. The number of rotatable bonds is 3. The zero-order chi connectivity index (χ0) is 15.7. The van der Waals surface area contributed by atoms with Crippen LogP contribution in [0.2, 0.25) is 0 Å². The lowest BCUT2D eigenvalue weighted by Gasteiger charge is -2.17. The molecule has 0 unspecified atom stereocenters. The van der Waals surface area contributed by atoms with Crippen molar-refractivity contribution in [2.24, 2.45) is 5.73 Å². The Morgan fingerprint density at radius 1 is 1.15 bits per heavy atom. The van der Waals surface area contributed by atoms with Crippen LogP contribution >= 0.6 is 0 Å². The van der Waals surface area contributed by atoms with E-state index >= 15 is 0 Å². The van der Waals surface area contributed by atoms with Crippen molar-refractivity contribution < 1.29 is 36.2 Å². The molecule has 112 valence electrons. The fourth-order valence-electron chi connectivity index (χ4n) is 1.54. The fourth-order valence-corrected chi connectivity index (χ4v) is 1.54. The lowest BCUT2D eigenvalue weighted by molar-refractivity contribution is -0.142. The molecule has 3 N–H and O–H groups in total. The van der Waals surface area contributed by atoms with Gasteiger partial charge in [-0.25, -0.2) is 0 Å². The van der Waals surface area contributed by atoms with Gasteiger partial charge in [-0.3, -0.25) is 4.79 Å². The Kier molecular flexibility index (Phi) is 4.33. The Morgan fingerprint density at radius 3 is 2.10 bits per heavy atom.